The first-order valence-electron chi connectivity index (χ1n) is 5.13. The molecule has 0 aliphatic heterocycles. The Morgan fingerprint density at radius 2 is 1.62 bits per heavy atom. The van der Waals surface area contributed by atoms with Gasteiger partial charge >= 0.3 is 5.97 Å². The number of hydrogen-bond acceptors (Lipinski definition) is 1. The van der Waals surface area contributed by atoms with Gasteiger partial charge in [0.05, 0.1) is 5.92 Å². The van der Waals surface area contributed by atoms with Gasteiger partial charge in [0.25, 0.3) is 0 Å². The normalized spacial score (nSPS) is 38.3. The van der Waals surface area contributed by atoms with Crippen molar-refractivity contribution in [2.75, 3.05) is 0 Å². The largest absolute Gasteiger partial charge is 0.481 e. The highest BCUT2D eigenvalue weighted by Gasteiger charge is 2.32. The molecule has 0 aromatic heterocycles. The Morgan fingerprint density at radius 1 is 1.08 bits per heavy atom. The number of aliphatic carboxylic acids is 1. The fraction of sp³-hybridized carbons (Fsp3) is 0.727. The molecule has 0 radical (unpaired) electrons. The van der Waals surface area contributed by atoms with Crippen molar-refractivity contribution in [1.82, 2.24) is 0 Å². The van der Waals surface area contributed by atoms with Crippen molar-refractivity contribution in [1.29, 1.82) is 0 Å². The standard InChI is InChI=1S/C11H16O2/c12-11(13)10-6-8-3-1-2-4-9(5-8)7-10/h1-2,8-10H,3-7H2,(H,12,13). The molecular formula is C11H16O2. The summed E-state index contributed by atoms with van der Waals surface area (Å²) in [6, 6.07) is 0. The zero-order chi connectivity index (χ0) is 9.26. The van der Waals surface area contributed by atoms with Crippen LogP contribution in [0.1, 0.15) is 32.1 Å². The van der Waals surface area contributed by atoms with E-state index in [1.165, 1.54) is 6.42 Å². The zero-order valence-electron chi connectivity index (χ0n) is 7.78. The Labute approximate surface area is 78.6 Å². The van der Waals surface area contributed by atoms with Gasteiger partial charge in [0.15, 0.2) is 0 Å². The van der Waals surface area contributed by atoms with E-state index in [0.717, 1.165) is 25.7 Å². The first-order chi connectivity index (χ1) is 6.25. The van der Waals surface area contributed by atoms with E-state index in [4.69, 9.17) is 5.11 Å². The van der Waals surface area contributed by atoms with Gasteiger partial charge in [0, 0.05) is 0 Å². The van der Waals surface area contributed by atoms with E-state index in [9.17, 15) is 4.79 Å². The predicted octanol–water partition coefficient (Wildman–Crippen LogP) is 2.45. The Bertz CT molecular complexity index is 216. The zero-order valence-corrected chi connectivity index (χ0v) is 7.78. The lowest BCUT2D eigenvalue weighted by Crippen LogP contribution is -2.26. The Kier molecular flexibility index (Phi) is 2.38. The average Bonchev–Trinajstić information content (AvgIpc) is 2.26. The molecule has 1 N–H and O–H groups in total. The lowest BCUT2D eigenvalue weighted by Gasteiger charge is -2.30. The van der Waals surface area contributed by atoms with Crippen molar-refractivity contribution in [3.63, 3.8) is 0 Å². The molecule has 1 saturated carbocycles. The quantitative estimate of drug-likeness (QED) is 0.629. The van der Waals surface area contributed by atoms with Gasteiger partial charge in [0.2, 0.25) is 0 Å². The van der Waals surface area contributed by atoms with E-state index in [1.54, 1.807) is 0 Å². The second kappa shape index (κ2) is 3.52. The highest BCUT2D eigenvalue weighted by Crippen LogP contribution is 2.39. The van der Waals surface area contributed by atoms with Crippen LogP contribution in [0.4, 0.5) is 0 Å². The summed E-state index contributed by atoms with van der Waals surface area (Å²) in [7, 11) is 0. The Balaban J connectivity index is 2.05. The van der Waals surface area contributed by atoms with Crippen molar-refractivity contribution in [2.45, 2.75) is 32.1 Å². The van der Waals surface area contributed by atoms with E-state index in [2.05, 4.69) is 12.2 Å². The number of rotatable bonds is 1. The van der Waals surface area contributed by atoms with E-state index in [0.29, 0.717) is 11.8 Å². The number of carboxylic acid groups (broad SMARTS) is 1. The molecule has 2 rings (SSSR count). The second-order valence-corrected chi connectivity index (χ2v) is 4.42. The summed E-state index contributed by atoms with van der Waals surface area (Å²) in [5.41, 5.74) is 0. The molecule has 0 saturated heterocycles. The SMILES string of the molecule is O=C(O)C1CC2CC=CCC(C2)C1. The summed E-state index contributed by atoms with van der Waals surface area (Å²) in [6.07, 6.45) is 9.70. The molecule has 0 aromatic carbocycles. The molecule has 2 nitrogen and oxygen atoms in total. The number of carbonyl (C=O) groups is 1. The highest BCUT2D eigenvalue weighted by atomic mass is 16.4. The summed E-state index contributed by atoms with van der Waals surface area (Å²) >= 11 is 0. The topological polar surface area (TPSA) is 37.3 Å². The summed E-state index contributed by atoms with van der Waals surface area (Å²) < 4.78 is 0. The Morgan fingerprint density at radius 3 is 2.08 bits per heavy atom. The van der Waals surface area contributed by atoms with Gasteiger partial charge in [-0.05, 0) is 43.9 Å². The predicted molar refractivity (Wildman–Crippen MR) is 50.3 cm³/mol. The van der Waals surface area contributed by atoms with E-state index in [-0.39, 0.29) is 5.92 Å². The molecule has 2 bridgehead atoms. The van der Waals surface area contributed by atoms with Crippen LogP contribution in [0.15, 0.2) is 12.2 Å². The van der Waals surface area contributed by atoms with Crippen molar-refractivity contribution >= 4 is 5.97 Å². The molecule has 0 amide bonds. The number of carboxylic acids is 1. The third-order valence-corrected chi connectivity index (χ3v) is 3.36. The van der Waals surface area contributed by atoms with Gasteiger partial charge in [0.1, 0.15) is 0 Å². The number of hydrogen-bond donors (Lipinski definition) is 1. The third kappa shape index (κ3) is 1.93. The molecule has 2 aliphatic rings. The van der Waals surface area contributed by atoms with Gasteiger partial charge in [-0.3, -0.25) is 4.79 Å². The monoisotopic (exact) mass is 180 g/mol. The number of allylic oxidation sites excluding steroid dienone is 2. The van der Waals surface area contributed by atoms with Crippen LogP contribution in [0, 0.1) is 17.8 Å². The molecule has 2 aliphatic carbocycles. The van der Waals surface area contributed by atoms with E-state index in [1.807, 2.05) is 0 Å². The van der Waals surface area contributed by atoms with Crippen LogP contribution in [0.5, 0.6) is 0 Å². The maximum absolute atomic E-state index is 10.9. The number of fused-ring (bicyclic) bond motifs is 2. The fourth-order valence-electron chi connectivity index (χ4n) is 2.73. The molecule has 2 unspecified atom stereocenters. The minimum absolute atomic E-state index is 0.0661. The van der Waals surface area contributed by atoms with Crippen LogP contribution in [0.25, 0.3) is 0 Å². The lowest BCUT2D eigenvalue weighted by molar-refractivity contribution is -0.144. The maximum atomic E-state index is 10.9. The molecule has 2 atom stereocenters. The van der Waals surface area contributed by atoms with Crippen molar-refractivity contribution in [3.05, 3.63) is 12.2 Å². The summed E-state index contributed by atoms with van der Waals surface area (Å²) in [4.78, 5) is 10.9. The highest BCUT2D eigenvalue weighted by molar-refractivity contribution is 5.70. The smallest absolute Gasteiger partial charge is 0.306 e. The molecule has 0 aromatic rings. The maximum Gasteiger partial charge on any atom is 0.306 e. The van der Waals surface area contributed by atoms with Crippen LogP contribution in [-0.2, 0) is 4.79 Å². The minimum atomic E-state index is -0.586. The van der Waals surface area contributed by atoms with Crippen molar-refractivity contribution < 1.29 is 9.90 Å². The van der Waals surface area contributed by atoms with Crippen LogP contribution in [-0.4, -0.2) is 11.1 Å². The van der Waals surface area contributed by atoms with E-state index < -0.39 is 5.97 Å². The van der Waals surface area contributed by atoms with Gasteiger partial charge in [-0.1, -0.05) is 12.2 Å². The Hall–Kier alpha value is -0.790. The van der Waals surface area contributed by atoms with E-state index >= 15 is 0 Å². The molecule has 0 spiro atoms. The molecule has 13 heavy (non-hydrogen) atoms. The second-order valence-electron chi connectivity index (χ2n) is 4.42. The molecule has 0 heterocycles. The van der Waals surface area contributed by atoms with Gasteiger partial charge < -0.3 is 5.11 Å². The summed E-state index contributed by atoms with van der Waals surface area (Å²) in [5, 5.41) is 8.96. The van der Waals surface area contributed by atoms with Crippen LogP contribution < -0.4 is 0 Å². The first-order valence-corrected chi connectivity index (χ1v) is 5.13. The lowest BCUT2D eigenvalue weighted by atomic mass is 9.74. The van der Waals surface area contributed by atoms with Crippen molar-refractivity contribution in [3.8, 4) is 0 Å². The average molecular weight is 180 g/mol. The third-order valence-electron chi connectivity index (χ3n) is 3.36. The molecular weight excluding hydrogens is 164 g/mol. The van der Waals surface area contributed by atoms with Gasteiger partial charge in [-0.25, -0.2) is 0 Å². The van der Waals surface area contributed by atoms with Crippen LogP contribution in [0.3, 0.4) is 0 Å². The molecule has 2 heteroatoms. The fourth-order valence-corrected chi connectivity index (χ4v) is 2.73. The van der Waals surface area contributed by atoms with Gasteiger partial charge in [-0.15, -0.1) is 0 Å². The molecule has 72 valence electrons. The van der Waals surface area contributed by atoms with Gasteiger partial charge in [-0.2, -0.15) is 0 Å². The molecule has 1 fully saturated rings. The van der Waals surface area contributed by atoms with Crippen molar-refractivity contribution in [2.24, 2.45) is 17.8 Å². The van der Waals surface area contributed by atoms with Crippen LogP contribution >= 0.6 is 0 Å². The minimum Gasteiger partial charge on any atom is -0.481 e. The first kappa shape index (κ1) is 8.79. The summed E-state index contributed by atoms with van der Waals surface area (Å²) in [5.74, 6) is 0.623. The van der Waals surface area contributed by atoms with Crippen LogP contribution in [0.2, 0.25) is 0 Å². The summed E-state index contributed by atoms with van der Waals surface area (Å²) in [6.45, 7) is 0.